The van der Waals surface area contributed by atoms with Crippen LogP contribution in [-0.4, -0.2) is 7.11 Å². The molecule has 0 saturated heterocycles. The fourth-order valence-corrected chi connectivity index (χ4v) is 2.15. The fourth-order valence-electron chi connectivity index (χ4n) is 1.69. The van der Waals surface area contributed by atoms with E-state index in [0.717, 1.165) is 21.4 Å². The summed E-state index contributed by atoms with van der Waals surface area (Å²) >= 11 is 3.44. The number of hydrogen-bond donors (Lipinski definition) is 2. The molecule has 0 aromatic heterocycles. The van der Waals surface area contributed by atoms with Crippen LogP contribution in [0.2, 0.25) is 0 Å². The quantitative estimate of drug-likeness (QED) is 0.830. The summed E-state index contributed by atoms with van der Waals surface area (Å²) in [4.78, 5) is 0. The van der Waals surface area contributed by atoms with Crippen molar-refractivity contribution in [2.24, 2.45) is 0 Å². The van der Waals surface area contributed by atoms with Gasteiger partial charge in [0.2, 0.25) is 0 Å². The zero-order valence-corrected chi connectivity index (χ0v) is 12.2. The van der Waals surface area contributed by atoms with Gasteiger partial charge in [0.1, 0.15) is 0 Å². The molecule has 0 unspecified atom stereocenters. The first-order chi connectivity index (χ1) is 9.01. The molecule has 0 fully saturated rings. The molecule has 0 heterocycles. The molecule has 0 aliphatic heterocycles. The summed E-state index contributed by atoms with van der Waals surface area (Å²) < 4.78 is 19.1. The Bertz CT molecular complexity index is 617. The summed E-state index contributed by atoms with van der Waals surface area (Å²) in [6, 6.07) is 8.37. The molecule has 0 spiro atoms. The summed E-state index contributed by atoms with van der Waals surface area (Å²) in [6.45, 7) is 1.93. The van der Waals surface area contributed by atoms with Crippen LogP contribution < -0.4 is 15.8 Å². The molecule has 2 aromatic rings. The second-order valence-corrected chi connectivity index (χ2v) is 5.02. The minimum absolute atomic E-state index is 0.202. The number of halogens is 2. The van der Waals surface area contributed by atoms with Gasteiger partial charge in [0, 0.05) is 21.9 Å². The largest absolute Gasteiger partial charge is 0.494 e. The smallest absolute Gasteiger partial charge is 0.165 e. The van der Waals surface area contributed by atoms with E-state index in [1.54, 1.807) is 12.1 Å². The van der Waals surface area contributed by atoms with Crippen molar-refractivity contribution in [1.82, 2.24) is 0 Å². The van der Waals surface area contributed by atoms with Crippen LogP contribution >= 0.6 is 15.9 Å². The lowest BCUT2D eigenvalue weighted by Crippen LogP contribution is -1.97. The zero-order chi connectivity index (χ0) is 14.0. The molecule has 100 valence electrons. The van der Waals surface area contributed by atoms with Crippen LogP contribution in [0, 0.1) is 12.7 Å². The van der Waals surface area contributed by atoms with Crippen LogP contribution in [0.5, 0.6) is 5.75 Å². The topological polar surface area (TPSA) is 47.3 Å². The molecule has 0 aliphatic rings. The van der Waals surface area contributed by atoms with Gasteiger partial charge in [0.25, 0.3) is 0 Å². The van der Waals surface area contributed by atoms with Crippen molar-refractivity contribution in [2.45, 2.75) is 6.92 Å². The molecule has 2 aromatic carbocycles. The van der Waals surface area contributed by atoms with Gasteiger partial charge in [0.05, 0.1) is 12.8 Å². The number of ether oxygens (including phenoxy) is 1. The number of anilines is 3. The Kier molecular flexibility index (Phi) is 3.95. The van der Waals surface area contributed by atoms with E-state index >= 15 is 0 Å². The molecule has 19 heavy (non-hydrogen) atoms. The summed E-state index contributed by atoms with van der Waals surface area (Å²) in [5, 5.41) is 3.19. The molecule has 0 aliphatic carbocycles. The number of nitrogens with two attached hydrogens (primary N) is 1. The summed E-state index contributed by atoms with van der Waals surface area (Å²) in [7, 11) is 1.44. The second kappa shape index (κ2) is 5.48. The molecule has 2 rings (SSSR count). The first-order valence-corrected chi connectivity index (χ1v) is 6.46. The van der Waals surface area contributed by atoms with Crippen LogP contribution in [0.4, 0.5) is 21.5 Å². The zero-order valence-electron chi connectivity index (χ0n) is 10.6. The van der Waals surface area contributed by atoms with E-state index in [4.69, 9.17) is 10.5 Å². The maximum atomic E-state index is 13.3. The molecule has 0 bridgehead atoms. The SMILES string of the molecule is COc1cc(Nc2cc(C)c(N)cc2Br)ccc1F. The number of nitrogens with one attached hydrogen (secondary N) is 1. The number of methoxy groups -OCH3 is 1. The third-order valence-electron chi connectivity index (χ3n) is 2.79. The third-order valence-corrected chi connectivity index (χ3v) is 3.44. The van der Waals surface area contributed by atoms with E-state index < -0.39 is 0 Å². The van der Waals surface area contributed by atoms with E-state index in [2.05, 4.69) is 21.2 Å². The Morgan fingerprint density at radius 2 is 2.00 bits per heavy atom. The molecular weight excluding hydrogens is 311 g/mol. The highest BCUT2D eigenvalue weighted by molar-refractivity contribution is 9.10. The van der Waals surface area contributed by atoms with E-state index in [9.17, 15) is 4.39 Å². The Hall–Kier alpha value is -1.75. The first-order valence-electron chi connectivity index (χ1n) is 5.67. The van der Waals surface area contributed by atoms with Crippen molar-refractivity contribution < 1.29 is 9.13 Å². The second-order valence-electron chi connectivity index (χ2n) is 4.16. The van der Waals surface area contributed by atoms with Crippen LogP contribution in [0.25, 0.3) is 0 Å². The van der Waals surface area contributed by atoms with Gasteiger partial charge in [-0.25, -0.2) is 4.39 Å². The van der Waals surface area contributed by atoms with E-state index in [-0.39, 0.29) is 11.6 Å². The van der Waals surface area contributed by atoms with Crippen molar-refractivity contribution >= 4 is 33.0 Å². The van der Waals surface area contributed by atoms with Gasteiger partial charge in [-0.2, -0.15) is 0 Å². The van der Waals surface area contributed by atoms with Gasteiger partial charge in [-0.3, -0.25) is 0 Å². The Morgan fingerprint density at radius 1 is 1.26 bits per heavy atom. The molecule has 0 saturated carbocycles. The van der Waals surface area contributed by atoms with Gasteiger partial charge >= 0.3 is 0 Å². The minimum Gasteiger partial charge on any atom is -0.494 e. The highest BCUT2D eigenvalue weighted by Gasteiger charge is 2.07. The molecular formula is C14H14BrFN2O. The van der Waals surface area contributed by atoms with Gasteiger partial charge in [-0.1, -0.05) is 0 Å². The van der Waals surface area contributed by atoms with Crippen LogP contribution in [-0.2, 0) is 0 Å². The van der Waals surface area contributed by atoms with Gasteiger partial charge < -0.3 is 15.8 Å². The normalized spacial score (nSPS) is 10.3. The van der Waals surface area contributed by atoms with E-state index in [1.165, 1.54) is 13.2 Å². The maximum Gasteiger partial charge on any atom is 0.165 e. The van der Waals surface area contributed by atoms with Crippen LogP contribution in [0.1, 0.15) is 5.56 Å². The van der Waals surface area contributed by atoms with Crippen LogP contribution in [0.15, 0.2) is 34.8 Å². The summed E-state index contributed by atoms with van der Waals surface area (Å²) in [5.74, 6) is -0.186. The number of aryl methyl sites for hydroxylation is 1. The highest BCUT2D eigenvalue weighted by Crippen LogP contribution is 2.31. The Morgan fingerprint density at radius 3 is 2.68 bits per heavy atom. The standard InChI is InChI=1S/C14H14BrFN2O/c1-8-5-13(10(15)7-12(8)17)18-9-3-4-11(16)14(6-9)19-2/h3-7,18H,17H2,1-2H3. The van der Waals surface area contributed by atoms with Crippen molar-refractivity contribution in [3.8, 4) is 5.75 Å². The molecule has 5 heteroatoms. The summed E-state index contributed by atoms with van der Waals surface area (Å²) in [6.07, 6.45) is 0. The number of nitrogen functional groups attached to an aromatic ring is 1. The van der Waals surface area contributed by atoms with Gasteiger partial charge in [0.15, 0.2) is 11.6 Å². The summed E-state index contributed by atoms with van der Waals surface area (Å²) in [5.41, 5.74) is 9.11. The van der Waals surface area contributed by atoms with Crippen molar-refractivity contribution in [2.75, 3.05) is 18.2 Å². The monoisotopic (exact) mass is 324 g/mol. The maximum absolute atomic E-state index is 13.3. The van der Waals surface area contributed by atoms with Crippen molar-refractivity contribution in [3.63, 3.8) is 0 Å². The lowest BCUT2D eigenvalue weighted by molar-refractivity contribution is 0.387. The molecule has 0 atom stereocenters. The van der Waals surface area contributed by atoms with Crippen LogP contribution in [0.3, 0.4) is 0 Å². The van der Waals surface area contributed by atoms with Gasteiger partial charge in [-0.15, -0.1) is 0 Å². The molecule has 0 radical (unpaired) electrons. The number of hydrogen-bond acceptors (Lipinski definition) is 3. The molecule has 0 amide bonds. The average Bonchev–Trinajstić information content (AvgIpc) is 2.38. The Balaban J connectivity index is 2.33. The minimum atomic E-state index is -0.388. The predicted octanol–water partition coefficient (Wildman–Crippen LogP) is 4.23. The lowest BCUT2D eigenvalue weighted by atomic mass is 10.1. The number of rotatable bonds is 3. The van der Waals surface area contributed by atoms with Gasteiger partial charge in [-0.05, 0) is 52.7 Å². The van der Waals surface area contributed by atoms with E-state index in [1.807, 2.05) is 19.1 Å². The fraction of sp³-hybridized carbons (Fsp3) is 0.143. The molecule has 3 N–H and O–H groups in total. The predicted molar refractivity (Wildman–Crippen MR) is 79.5 cm³/mol. The average molecular weight is 325 g/mol. The lowest BCUT2D eigenvalue weighted by Gasteiger charge is -2.12. The van der Waals surface area contributed by atoms with Crippen molar-refractivity contribution in [1.29, 1.82) is 0 Å². The third kappa shape index (κ3) is 2.98. The van der Waals surface area contributed by atoms with E-state index in [0.29, 0.717) is 5.69 Å². The molecule has 3 nitrogen and oxygen atoms in total. The first kappa shape index (κ1) is 13.7. The number of benzene rings is 2. The Labute approximate surface area is 119 Å². The van der Waals surface area contributed by atoms with Crippen molar-refractivity contribution in [3.05, 3.63) is 46.2 Å². The highest BCUT2D eigenvalue weighted by atomic mass is 79.9.